The van der Waals surface area contributed by atoms with Crippen LogP contribution in [0.5, 0.6) is 0 Å². The van der Waals surface area contributed by atoms with Gasteiger partial charge in [-0.05, 0) is 27.2 Å². The minimum absolute atomic E-state index is 0.190. The summed E-state index contributed by atoms with van der Waals surface area (Å²) in [4.78, 5) is 0. The Bertz CT molecular complexity index is 115. The average molecular weight is 124 g/mol. The van der Waals surface area contributed by atoms with Crippen LogP contribution in [0.1, 0.15) is 40.5 Å². The Morgan fingerprint density at radius 2 is 1.78 bits per heavy atom. The lowest BCUT2D eigenvalue weighted by molar-refractivity contribution is 0.570. The van der Waals surface area contributed by atoms with E-state index in [0.717, 1.165) is 6.42 Å². The summed E-state index contributed by atoms with van der Waals surface area (Å²) in [6.45, 7) is 8.55. The van der Waals surface area contributed by atoms with Gasteiger partial charge in [-0.25, -0.2) is 0 Å². The predicted molar refractivity (Wildman–Crippen MR) is 42.1 cm³/mol. The molecule has 0 aromatic carbocycles. The molecule has 0 heteroatoms. The van der Waals surface area contributed by atoms with Crippen LogP contribution in [0, 0.1) is 17.3 Å². The van der Waals surface area contributed by atoms with Crippen molar-refractivity contribution in [3.8, 4) is 11.8 Å². The lowest BCUT2D eigenvalue weighted by atomic mass is 9.98. The van der Waals surface area contributed by atoms with Gasteiger partial charge in [0, 0.05) is 11.8 Å². The van der Waals surface area contributed by atoms with E-state index in [9.17, 15) is 0 Å². The first-order valence-electron chi connectivity index (χ1n) is 3.56. The molecule has 0 spiro atoms. The molecule has 0 amide bonds. The van der Waals surface area contributed by atoms with Crippen molar-refractivity contribution in [3.63, 3.8) is 0 Å². The molecule has 0 aliphatic heterocycles. The topological polar surface area (TPSA) is 0 Å². The summed E-state index contributed by atoms with van der Waals surface area (Å²) in [5.74, 6) is 6.30. The van der Waals surface area contributed by atoms with Gasteiger partial charge < -0.3 is 0 Å². The van der Waals surface area contributed by atoms with E-state index in [4.69, 9.17) is 0 Å². The molecule has 0 saturated heterocycles. The van der Waals surface area contributed by atoms with Gasteiger partial charge in [-0.3, -0.25) is 0 Å². The molecule has 0 nitrogen and oxygen atoms in total. The Hall–Kier alpha value is -0.440. The first-order chi connectivity index (χ1) is 4.06. The van der Waals surface area contributed by atoms with Gasteiger partial charge in [0.2, 0.25) is 0 Å². The summed E-state index contributed by atoms with van der Waals surface area (Å²) in [5.41, 5.74) is 0.190. The fourth-order valence-electron chi connectivity index (χ4n) is 0.453. The van der Waals surface area contributed by atoms with Crippen molar-refractivity contribution in [2.45, 2.75) is 40.5 Å². The fraction of sp³-hybridized carbons (Fsp3) is 0.778. The van der Waals surface area contributed by atoms with Crippen LogP contribution in [0.15, 0.2) is 0 Å². The van der Waals surface area contributed by atoms with Crippen molar-refractivity contribution in [3.05, 3.63) is 0 Å². The standard InChI is InChI=1S/C9H16/c1-5-6-7-8-9(2,3)4/h5-6H2,1-4H3. The third kappa shape index (κ3) is 7.56. The van der Waals surface area contributed by atoms with Crippen molar-refractivity contribution in [2.24, 2.45) is 5.41 Å². The van der Waals surface area contributed by atoms with Crippen LogP contribution in [0.3, 0.4) is 0 Å². The number of unbranched alkanes of at least 4 members (excludes halogenated alkanes) is 1. The van der Waals surface area contributed by atoms with E-state index in [2.05, 4.69) is 39.5 Å². The zero-order chi connectivity index (χ0) is 7.33. The van der Waals surface area contributed by atoms with Gasteiger partial charge in [0.05, 0.1) is 0 Å². The molecule has 0 rings (SSSR count). The molecule has 0 N–H and O–H groups in total. The highest BCUT2D eigenvalue weighted by Gasteiger charge is 2.02. The van der Waals surface area contributed by atoms with E-state index in [-0.39, 0.29) is 5.41 Å². The summed E-state index contributed by atoms with van der Waals surface area (Å²) in [7, 11) is 0. The quantitative estimate of drug-likeness (QED) is 0.471. The zero-order valence-electron chi connectivity index (χ0n) is 6.91. The maximum atomic E-state index is 3.17. The van der Waals surface area contributed by atoms with E-state index in [1.54, 1.807) is 0 Å². The largest absolute Gasteiger partial charge is 0.103 e. The van der Waals surface area contributed by atoms with Crippen LogP contribution in [0.25, 0.3) is 0 Å². The Labute approximate surface area is 58.7 Å². The first kappa shape index (κ1) is 8.56. The summed E-state index contributed by atoms with van der Waals surface area (Å²) < 4.78 is 0. The molecule has 0 bridgehead atoms. The van der Waals surface area contributed by atoms with E-state index < -0.39 is 0 Å². The Morgan fingerprint density at radius 3 is 2.11 bits per heavy atom. The summed E-state index contributed by atoms with van der Waals surface area (Å²) in [6.07, 6.45) is 2.21. The van der Waals surface area contributed by atoms with Crippen LogP contribution < -0.4 is 0 Å². The van der Waals surface area contributed by atoms with Crippen molar-refractivity contribution in [1.29, 1.82) is 0 Å². The van der Waals surface area contributed by atoms with Crippen LogP contribution in [0.4, 0.5) is 0 Å². The minimum Gasteiger partial charge on any atom is -0.103 e. The molecule has 9 heavy (non-hydrogen) atoms. The minimum atomic E-state index is 0.190. The fourth-order valence-corrected chi connectivity index (χ4v) is 0.453. The lowest BCUT2D eigenvalue weighted by Crippen LogP contribution is -1.98. The van der Waals surface area contributed by atoms with E-state index >= 15 is 0 Å². The second-order valence-corrected chi connectivity index (χ2v) is 3.30. The third-order valence-electron chi connectivity index (χ3n) is 0.838. The van der Waals surface area contributed by atoms with Crippen molar-refractivity contribution in [1.82, 2.24) is 0 Å². The maximum Gasteiger partial charge on any atom is 0.0230 e. The molecule has 0 unspecified atom stereocenters. The van der Waals surface area contributed by atoms with Crippen LogP contribution >= 0.6 is 0 Å². The summed E-state index contributed by atoms with van der Waals surface area (Å²) >= 11 is 0. The van der Waals surface area contributed by atoms with Gasteiger partial charge in [0.15, 0.2) is 0 Å². The lowest BCUT2D eigenvalue weighted by Gasteiger charge is -2.06. The van der Waals surface area contributed by atoms with Gasteiger partial charge in [0.25, 0.3) is 0 Å². The molecule has 0 aromatic rings. The third-order valence-corrected chi connectivity index (χ3v) is 0.838. The molecule has 0 aliphatic carbocycles. The molecular formula is C9H16. The normalized spacial score (nSPS) is 10.2. The van der Waals surface area contributed by atoms with Gasteiger partial charge >= 0.3 is 0 Å². The second kappa shape index (κ2) is 3.56. The van der Waals surface area contributed by atoms with Crippen molar-refractivity contribution < 1.29 is 0 Å². The van der Waals surface area contributed by atoms with Gasteiger partial charge in [-0.15, -0.1) is 5.92 Å². The van der Waals surface area contributed by atoms with Crippen LogP contribution in [0.2, 0.25) is 0 Å². The first-order valence-corrected chi connectivity index (χ1v) is 3.56. The van der Waals surface area contributed by atoms with Gasteiger partial charge in [0.1, 0.15) is 0 Å². The number of hydrogen-bond acceptors (Lipinski definition) is 0. The molecule has 0 aliphatic rings. The molecule has 0 fully saturated rings. The number of hydrogen-bond donors (Lipinski definition) is 0. The summed E-state index contributed by atoms with van der Waals surface area (Å²) in [6, 6.07) is 0. The molecule has 0 aromatic heterocycles. The van der Waals surface area contributed by atoms with Crippen molar-refractivity contribution in [2.75, 3.05) is 0 Å². The molecular weight excluding hydrogens is 108 g/mol. The van der Waals surface area contributed by atoms with Gasteiger partial charge in [-0.1, -0.05) is 12.8 Å². The predicted octanol–water partition coefficient (Wildman–Crippen LogP) is 2.84. The molecule has 0 radical (unpaired) electrons. The average Bonchev–Trinajstić information content (AvgIpc) is 1.63. The molecule has 52 valence electrons. The monoisotopic (exact) mass is 124 g/mol. The van der Waals surface area contributed by atoms with Crippen LogP contribution in [-0.4, -0.2) is 0 Å². The smallest absolute Gasteiger partial charge is 0.0230 e. The Balaban J connectivity index is 3.59. The second-order valence-electron chi connectivity index (χ2n) is 3.30. The molecule has 0 saturated carbocycles. The van der Waals surface area contributed by atoms with E-state index in [1.807, 2.05) is 0 Å². The van der Waals surface area contributed by atoms with Gasteiger partial charge in [-0.2, -0.15) is 0 Å². The highest BCUT2D eigenvalue weighted by molar-refractivity contribution is 5.06. The highest BCUT2D eigenvalue weighted by Crippen LogP contribution is 2.09. The number of rotatable bonds is 1. The van der Waals surface area contributed by atoms with Crippen molar-refractivity contribution >= 4 is 0 Å². The SMILES string of the molecule is CCCC#CC(C)(C)C. The van der Waals surface area contributed by atoms with E-state index in [1.165, 1.54) is 6.42 Å². The zero-order valence-corrected chi connectivity index (χ0v) is 6.91. The maximum absolute atomic E-state index is 3.17. The highest BCUT2D eigenvalue weighted by atomic mass is 14.0. The summed E-state index contributed by atoms with van der Waals surface area (Å²) in [5, 5.41) is 0. The molecule has 0 atom stereocenters. The molecule has 0 heterocycles. The Kier molecular flexibility index (Phi) is 3.39. The van der Waals surface area contributed by atoms with E-state index in [0.29, 0.717) is 0 Å². The van der Waals surface area contributed by atoms with Crippen LogP contribution in [-0.2, 0) is 0 Å². The Morgan fingerprint density at radius 1 is 1.22 bits per heavy atom.